The Balaban J connectivity index is 1.23. The van der Waals surface area contributed by atoms with Gasteiger partial charge in [0.1, 0.15) is 5.82 Å². The largest absolute Gasteiger partial charge is 0.351 e. The molecule has 3 N–H and O–H groups in total. The molecule has 5 heterocycles. The number of aromatic nitrogens is 5. The van der Waals surface area contributed by atoms with Gasteiger partial charge in [0.15, 0.2) is 5.82 Å². The normalized spacial score (nSPS) is 21.6. The second kappa shape index (κ2) is 8.40. The second-order valence-electron chi connectivity index (χ2n) is 9.13. The number of H-pyrrole nitrogens is 1. The summed E-state index contributed by atoms with van der Waals surface area (Å²) in [6.45, 7) is 1.96. The number of pyridine rings is 1. The van der Waals surface area contributed by atoms with Crippen molar-refractivity contribution in [3.05, 3.63) is 66.1 Å². The Morgan fingerprint density at radius 3 is 2.65 bits per heavy atom. The molecule has 172 valence electrons. The lowest BCUT2D eigenvalue weighted by Crippen LogP contribution is -2.49. The summed E-state index contributed by atoms with van der Waals surface area (Å²) in [5.41, 5.74) is 2.50. The summed E-state index contributed by atoms with van der Waals surface area (Å²) in [6.07, 6.45) is 7.16. The maximum Gasteiger partial charge on any atom is 0.255 e. The Hall–Kier alpha value is -4.01. The molecule has 2 atom stereocenters. The van der Waals surface area contributed by atoms with Gasteiger partial charge in [0.2, 0.25) is 5.95 Å². The fourth-order valence-corrected chi connectivity index (χ4v) is 5.29. The number of nitrogens with zero attached hydrogens (tertiary/aromatic N) is 5. The van der Waals surface area contributed by atoms with Crippen molar-refractivity contribution >= 4 is 34.4 Å². The van der Waals surface area contributed by atoms with Crippen molar-refractivity contribution in [2.24, 2.45) is 0 Å². The molecule has 2 aliphatic rings. The number of piperidine rings is 1. The monoisotopic (exact) mass is 454 g/mol. The molecule has 2 fully saturated rings. The Kier molecular flexibility index (Phi) is 5.09. The van der Waals surface area contributed by atoms with E-state index in [-0.39, 0.29) is 24.0 Å². The van der Waals surface area contributed by atoms with Crippen LogP contribution in [0.1, 0.15) is 41.7 Å². The number of rotatable bonds is 5. The molecule has 2 saturated heterocycles. The van der Waals surface area contributed by atoms with Crippen LogP contribution in [0.15, 0.2) is 54.9 Å². The van der Waals surface area contributed by atoms with Crippen LogP contribution in [0.2, 0.25) is 0 Å². The number of anilines is 3. The number of para-hydroxylation sites is 1. The van der Waals surface area contributed by atoms with Crippen LogP contribution in [0.4, 0.5) is 17.6 Å². The standard InChI is InChI=1S/C25H26N8O/c1-15-11-22(32-31-15)29-23-20-6-2-3-7-21(20)28-25(30-23)27-17-12-18-8-9-19(13-17)33(18)24(34)16-5-4-10-26-14-16/h2-7,10-11,14,17-19H,8-9,12-13H2,1H3,(H3,27,28,29,30,31,32). The maximum absolute atomic E-state index is 13.1. The minimum absolute atomic E-state index is 0.0850. The number of aryl methyl sites for hydroxylation is 1. The first-order chi connectivity index (χ1) is 16.6. The van der Waals surface area contributed by atoms with Crippen LogP contribution >= 0.6 is 0 Å². The van der Waals surface area contributed by atoms with Crippen molar-refractivity contribution in [2.45, 2.75) is 50.7 Å². The summed E-state index contributed by atoms with van der Waals surface area (Å²) in [6, 6.07) is 14.2. The van der Waals surface area contributed by atoms with E-state index in [1.807, 2.05) is 49.4 Å². The van der Waals surface area contributed by atoms with E-state index >= 15 is 0 Å². The second-order valence-corrected chi connectivity index (χ2v) is 9.13. The number of hydrogen-bond acceptors (Lipinski definition) is 7. The number of nitrogens with one attached hydrogen (secondary N) is 3. The highest BCUT2D eigenvalue weighted by molar-refractivity contribution is 5.94. The van der Waals surface area contributed by atoms with Gasteiger partial charge in [-0.15, -0.1) is 0 Å². The molecule has 0 aliphatic carbocycles. The Labute approximate surface area is 197 Å². The molecule has 9 heteroatoms. The van der Waals surface area contributed by atoms with Crippen molar-refractivity contribution in [1.82, 2.24) is 30.0 Å². The van der Waals surface area contributed by atoms with E-state index in [0.717, 1.165) is 42.3 Å². The molecule has 1 aromatic carbocycles. The van der Waals surface area contributed by atoms with Crippen LogP contribution in [0.5, 0.6) is 0 Å². The van der Waals surface area contributed by atoms with Crippen LogP contribution < -0.4 is 10.6 Å². The summed E-state index contributed by atoms with van der Waals surface area (Å²) in [5, 5.41) is 15.1. The molecule has 34 heavy (non-hydrogen) atoms. The van der Waals surface area contributed by atoms with E-state index in [4.69, 9.17) is 9.97 Å². The minimum Gasteiger partial charge on any atom is -0.351 e. The number of aromatic amines is 1. The molecule has 4 aromatic rings. The first-order valence-corrected chi connectivity index (χ1v) is 11.7. The number of carbonyl (C=O) groups excluding carboxylic acids is 1. The topological polar surface area (TPSA) is 112 Å². The number of benzene rings is 1. The van der Waals surface area contributed by atoms with E-state index in [2.05, 4.69) is 30.7 Å². The molecule has 2 unspecified atom stereocenters. The highest BCUT2D eigenvalue weighted by atomic mass is 16.2. The Morgan fingerprint density at radius 2 is 1.91 bits per heavy atom. The van der Waals surface area contributed by atoms with E-state index in [0.29, 0.717) is 23.1 Å². The van der Waals surface area contributed by atoms with Gasteiger partial charge in [0.05, 0.1) is 11.1 Å². The zero-order chi connectivity index (χ0) is 23.1. The summed E-state index contributed by atoms with van der Waals surface area (Å²) < 4.78 is 0. The van der Waals surface area contributed by atoms with Gasteiger partial charge in [-0.2, -0.15) is 10.1 Å². The van der Waals surface area contributed by atoms with Crippen molar-refractivity contribution < 1.29 is 4.79 Å². The first kappa shape index (κ1) is 20.6. The molecule has 0 spiro atoms. The predicted molar refractivity (Wildman–Crippen MR) is 130 cm³/mol. The maximum atomic E-state index is 13.1. The van der Waals surface area contributed by atoms with Crippen LogP contribution in [0.3, 0.4) is 0 Å². The van der Waals surface area contributed by atoms with Crippen molar-refractivity contribution in [3.63, 3.8) is 0 Å². The first-order valence-electron chi connectivity index (χ1n) is 11.7. The lowest BCUT2D eigenvalue weighted by atomic mass is 9.96. The number of hydrogen-bond donors (Lipinski definition) is 3. The molecular formula is C25H26N8O. The van der Waals surface area contributed by atoms with Crippen molar-refractivity contribution in [3.8, 4) is 0 Å². The van der Waals surface area contributed by atoms with Gasteiger partial charge in [-0.1, -0.05) is 12.1 Å². The summed E-state index contributed by atoms with van der Waals surface area (Å²) >= 11 is 0. The van der Waals surface area contributed by atoms with Gasteiger partial charge in [0, 0.05) is 47.7 Å². The molecule has 0 radical (unpaired) electrons. The molecule has 3 aromatic heterocycles. The summed E-state index contributed by atoms with van der Waals surface area (Å²) in [4.78, 5) is 28.9. The van der Waals surface area contributed by atoms with E-state index in [9.17, 15) is 4.79 Å². The molecule has 1 amide bonds. The number of amides is 1. The van der Waals surface area contributed by atoms with Gasteiger partial charge in [-0.25, -0.2) is 4.98 Å². The molecule has 0 saturated carbocycles. The molecular weight excluding hydrogens is 428 g/mol. The quantitative estimate of drug-likeness (QED) is 0.417. The zero-order valence-corrected chi connectivity index (χ0v) is 18.9. The van der Waals surface area contributed by atoms with Gasteiger partial charge < -0.3 is 15.5 Å². The molecule has 6 rings (SSSR count). The summed E-state index contributed by atoms with van der Waals surface area (Å²) in [5.74, 6) is 2.10. The molecule has 2 aliphatic heterocycles. The summed E-state index contributed by atoms with van der Waals surface area (Å²) in [7, 11) is 0. The number of carbonyl (C=O) groups is 1. The third kappa shape index (κ3) is 3.83. The van der Waals surface area contributed by atoms with E-state index in [1.54, 1.807) is 12.4 Å². The lowest BCUT2D eigenvalue weighted by Gasteiger charge is -2.39. The van der Waals surface area contributed by atoms with Crippen LogP contribution in [0.25, 0.3) is 10.9 Å². The predicted octanol–water partition coefficient (Wildman–Crippen LogP) is 4.05. The number of fused-ring (bicyclic) bond motifs is 3. The van der Waals surface area contributed by atoms with Gasteiger partial charge in [0.25, 0.3) is 5.91 Å². The fraction of sp³-hybridized carbons (Fsp3) is 0.320. The van der Waals surface area contributed by atoms with Gasteiger partial charge in [-0.3, -0.25) is 14.9 Å². The lowest BCUT2D eigenvalue weighted by molar-refractivity contribution is 0.0582. The van der Waals surface area contributed by atoms with Crippen molar-refractivity contribution in [2.75, 3.05) is 10.6 Å². The highest BCUT2D eigenvalue weighted by Gasteiger charge is 2.43. The average Bonchev–Trinajstić information content (AvgIpc) is 3.38. The zero-order valence-electron chi connectivity index (χ0n) is 18.9. The Morgan fingerprint density at radius 1 is 1.09 bits per heavy atom. The average molecular weight is 455 g/mol. The highest BCUT2D eigenvalue weighted by Crippen LogP contribution is 2.38. The van der Waals surface area contributed by atoms with Gasteiger partial charge >= 0.3 is 0 Å². The van der Waals surface area contributed by atoms with Crippen LogP contribution in [-0.2, 0) is 0 Å². The minimum atomic E-state index is 0.0850. The van der Waals surface area contributed by atoms with Crippen LogP contribution in [-0.4, -0.2) is 54.1 Å². The van der Waals surface area contributed by atoms with Crippen LogP contribution in [0, 0.1) is 6.92 Å². The third-order valence-corrected chi connectivity index (χ3v) is 6.76. The smallest absolute Gasteiger partial charge is 0.255 e. The van der Waals surface area contributed by atoms with E-state index in [1.165, 1.54) is 0 Å². The Bertz CT molecular complexity index is 1320. The van der Waals surface area contributed by atoms with Crippen molar-refractivity contribution in [1.29, 1.82) is 0 Å². The third-order valence-electron chi connectivity index (χ3n) is 6.76. The molecule has 9 nitrogen and oxygen atoms in total. The van der Waals surface area contributed by atoms with E-state index < -0.39 is 0 Å². The fourth-order valence-electron chi connectivity index (χ4n) is 5.29. The van der Waals surface area contributed by atoms with Gasteiger partial charge in [-0.05, 0) is 56.9 Å². The molecule has 2 bridgehead atoms. The SMILES string of the molecule is Cc1cc(Nc2nc(NC3CC4CCC(C3)N4C(=O)c3cccnc3)nc3ccccc23)n[nH]1.